The van der Waals surface area contributed by atoms with E-state index in [9.17, 15) is 0 Å². The van der Waals surface area contributed by atoms with Gasteiger partial charge in [0, 0.05) is 6.42 Å². The van der Waals surface area contributed by atoms with E-state index in [4.69, 9.17) is 9.47 Å². The summed E-state index contributed by atoms with van der Waals surface area (Å²) in [6.45, 7) is 0.813. The highest BCUT2D eigenvalue weighted by Gasteiger charge is 2.45. The van der Waals surface area contributed by atoms with Crippen LogP contribution in [0.5, 0.6) is 0 Å². The number of ether oxygens (including phenoxy) is 2. The van der Waals surface area contributed by atoms with Gasteiger partial charge in [-0.25, -0.2) is 0 Å². The van der Waals surface area contributed by atoms with Gasteiger partial charge >= 0.3 is 0 Å². The van der Waals surface area contributed by atoms with Gasteiger partial charge in [-0.05, 0) is 35.8 Å². The molecule has 2 heteroatoms. The van der Waals surface area contributed by atoms with Crippen molar-refractivity contribution in [3.63, 3.8) is 0 Å². The van der Waals surface area contributed by atoms with Crippen molar-refractivity contribution in [3.05, 3.63) is 35.4 Å². The molecule has 4 atom stereocenters. The summed E-state index contributed by atoms with van der Waals surface area (Å²) >= 11 is 0. The van der Waals surface area contributed by atoms with Crippen LogP contribution >= 0.6 is 0 Å². The first-order valence-corrected chi connectivity index (χ1v) is 6.24. The lowest BCUT2D eigenvalue weighted by Gasteiger charge is -2.39. The van der Waals surface area contributed by atoms with E-state index in [1.165, 1.54) is 18.4 Å². The first-order valence-electron chi connectivity index (χ1n) is 6.24. The first-order chi connectivity index (χ1) is 7.90. The molecule has 0 amide bonds. The summed E-state index contributed by atoms with van der Waals surface area (Å²) in [5, 5.41) is 0. The number of rotatable bonds is 0. The minimum absolute atomic E-state index is 0.0940. The molecule has 0 aromatic heterocycles. The molecule has 2 saturated heterocycles. The molecule has 0 N–H and O–H groups in total. The van der Waals surface area contributed by atoms with Crippen LogP contribution in [0.25, 0.3) is 0 Å². The SMILES string of the molecule is c1ccc2c(c1)CC1CC3OCC(O3)C1C2. The molecule has 2 aliphatic heterocycles. The van der Waals surface area contributed by atoms with Crippen LogP contribution < -0.4 is 0 Å². The summed E-state index contributed by atoms with van der Waals surface area (Å²) in [7, 11) is 0. The van der Waals surface area contributed by atoms with Crippen molar-refractivity contribution in [1.82, 2.24) is 0 Å². The van der Waals surface area contributed by atoms with E-state index in [-0.39, 0.29) is 6.29 Å². The largest absolute Gasteiger partial charge is 0.350 e. The van der Waals surface area contributed by atoms with Gasteiger partial charge in [0.25, 0.3) is 0 Å². The smallest absolute Gasteiger partial charge is 0.158 e. The maximum absolute atomic E-state index is 5.86. The standard InChI is InChI=1S/C14H16O2/c1-2-4-10-6-12-11(5-9(10)3-1)7-14-15-8-13(12)16-14/h1-4,11-14H,5-8H2. The summed E-state index contributed by atoms with van der Waals surface area (Å²) in [6, 6.07) is 8.86. The van der Waals surface area contributed by atoms with Crippen LogP contribution in [-0.2, 0) is 22.3 Å². The van der Waals surface area contributed by atoms with E-state index >= 15 is 0 Å². The maximum atomic E-state index is 5.86. The van der Waals surface area contributed by atoms with Gasteiger partial charge in [0.2, 0.25) is 0 Å². The van der Waals surface area contributed by atoms with Crippen LogP contribution in [0, 0.1) is 11.8 Å². The molecular formula is C14H16O2. The van der Waals surface area contributed by atoms with Crippen LogP contribution in [0.15, 0.2) is 24.3 Å². The van der Waals surface area contributed by atoms with Crippen LogP contribution in [0.2, 0.25) is 0 Å². The van der Waals surface area contributed by atoms with Gasteiger partial charge < -0.3 is 9.47 Å². The van der Waals surface area contributed by atoms with Crippen molar-refractivity contribution in [2.24, 2.45) is 11.8 Å². The first kappa shape index (κ1) is 9.20. The predicted molar refractivity (Wildman–Crippen MR) is 60.1 cm³/mol. The zero-order valence-corrected chi connectivity index (χ0v) is 9.26. The second kappa shape index (κ2) is 3.31. The normalized spacial score (nSPS) is 40.2. The highest BCUT2D eigenvalue weighted by Crippen LogP contribution is 2.43. The monoisotopic (exact) mass is 216 g/mol. The van der Waals surface area contributed by atoms with Crippen LogP contribution in [0.1, 0.15) is 17.5 Å². The fourth-order valence-electron chi connectivity index (χ4n) is 3.57. The van der Waals surface area contributed by atoms with Gasteiger partial charge in [0.1, 0.15) is 0 Å². The van der Waals surface area contributed by atoms with E-state index in [0.29, 0.717) is 12.0 Å². The Morgan fingerprint density at radius 3 is 2.75 bits per heavy atom. The average molecular weight is 216 g/mol. The molecule has 4 rings (SSSR count). The van der Waals surface area contributed by atoms with Crippen LogP contribution in [0.4, 0.5) is 0 Å². The van der Waals surface area contributed by atoms with Gasteiger partial charge in [0.15, 0.2) is 6.29 Å². The number of fused-ring (bicyclic) bond motifs is 5. The number of benzene rings is 1. The Kier molecular flexibility index (Phi) is 1.91. The Morgan fingerprint density at radius 1 is 1.06 bits per heavy atom. The third-order valence-corrected chi connectivity index (χ3v) is 4.41. The molecule has 1 aromatic rings. The van der Waals surface area contributed by atoms with Gasteiger partial charge in [-0.2, -0.15) is 0 Å². The molecule has 1 aliphatic carbocycles. The number of hydrogen-bond acceptors (Lipinski definition) is 2. The zero-order chi connectivity index (χ0) is 10.5. The van der Waals surface area contributed by atoms with Crippen molar-refractivity contribution in [2.75, 3.05) is 6.61 Å². The van der Waals surface area contributed by atoms with Crippen molar-refractivity contribution in [1.29, 1.82) is 0 Å². The quantitative estimate of drug-likeness (QED) is 0.661. The molecule has 4 unspecified atom stereocenters. The molecule has 0 spiro atoms. The lowest BCUT2D eigenvalue weighted by molar-refractivity contribution is -0.121. The fourth-order valence-corrected chi connectivity index (χ4v) is 3.57. The summed E-state index contributed by atoms with van der Waals surface area (Å²) in [5.74, 6) is 1.47. The Bertz CT molecular complexity index is 415. The molecule has 0 saturated carbocycles. The van der Waals surface area contributed by atoms with Gasteiger partial charge in [-0.3, -0.25) is 0 Å². The van der Waals surface area contributed by atoms with Crippen molar-refractivity contribution in [2.45, 2.75) is 31.7 Å². The number of hydrogen-bond donors (Lipinski definition) is 0. The summed E-state index contributed by atoms with van der Waals surface area (Å²) in [6.07, 6.45) is 3.95. The summed E-state index contributed by atoms with van der Waals surface area (Å²) < 4.78 is 11.5. The maximum Gasteiger partial charge on any atom is 0.158 e. The van der Waals surface area contributed by atoms with Gasteiger partial charge in [-0.15, -0.1) is 0 Å². The van der Waals surface area contributed by atoms with Crippen molar-refractivity contribution in [3.8, 4) is 0 Å². The highest BCUT2D eigenvalue weighted by atomic mass is 16.7. The lowest BCUT2D eigenvalue weighted by atomic mass is 9.71. The Balaban J connectivity index is 1.70. The fraction of sp³-hybridized carbons (Fsp3) is 0.571. The Labute approximate surface area is 95.6 Å². The van der Waals surface area contributed by atoms with Gasteiger partial charge in [0.05, 0.1) is 12.7 Å². The molecule has 2 nitrogen and oxygen atoms in total. The van der Waals surface area contributed by atoms with E-state index in [2.05, 4.69) is 24.3 Å². The predicted octanol–water partition coefficient (Wildman–Crippen LogP) is 2.16. The molecule has 2 bridgehead atoms. The molecule has 0 radical (unpaired) electrons. The second-order valence-corrected chi connectivity index (χ2v) is 5.27. The third-order valence-electron chi connectivity index (χ3n) is 4.41. The van der Waals surface area contributed by atoms with E-state index in [0.717, 1.165) is 18.9 Å². The highest BCUT2D eigenvalue weighted by molar-refractivity contribution is 5.31. The lowest BCUT2D eigenvalue weighted by Crippen LogP contribution is -2.40. The molecular weight excluding hydrogens is 200 g/mol. The van der Waals surface area contributed by atoms with E-state index in [1.807, 2.05) is 0 Å². The van der Waals surface area contributed by atoms with Crippen LogP contribution in [0.3, 0.4) is 0 Å². The molecule has 16 heavy (non-hydrogen) atoms. The topological polar surface area (TPSA) is 18.5 Å². The Hall–Kier alpha value is -0.860. The Morgan fingerprint density at radius 2 is 1.88 bits per heavy atom. The summed E-state index contributed by atoms with van der Waals surface area (Å²) in [5.41, 5.74) is 3.07. The minimum Gasteiger partial charge on any atom is -0.350 e. The third kappa shape index (κ3) is 1.26. The van der Waals surface area contributed by atoms with E-state index < -0.39 is 0 Å². The van der Waals surface area contributed by atoms with E-state index in [1.54, 1.807) is 5.56 Å². The average Bonchev–Trinajstić information content (AvgIpc) is 2.71. The summed E-state index contributed by atoms with van der Waals surface area (Å²) in [4.78, 5) is 0. The molecule has 2 heterocycles. The zero-order valence-electron chi connectivity index (χ0n) is 9.26. The second-order valence-electron chi connectivity index (χ2n) is 5.27. The van der Waals surface area contributed by atoms with Gasteiger partial charge in [-0.1, -0.05) is 24.3 Å². The van der Waals surface area contributed by atoms with Crippen molar-refractivity contribution >= 4 is 0 Å². The molecule has 1 aromatic carbocycles. The van der Waals surface area contributed by atoms with Crippen LogP contribution in [-0.4, -0.2) is 19.0 Å². The molecule has 3 aliphatic rings. The minimum atomic E-state index is 0.0940. The van der Waals surface area contributed by atoms with Crippen molar-refractivity contribution < 1.29 is 9.47 Å². The molecule has 84 valence electrons. The molecule has 2 fully saturated rings.